The van der Waals surface area contributed by atoms with E-state index in [1.54, 1.807) is 0 Å². The van der Waals surface area contributed by atoms with Crippen molar-refractivity contribution in [3.63, 3.8) is 0 Å². The summed E-state index contributed by atoms with van der Waals surface area (Å²) in [5.41, 5.74) is -0.408. The Morgan fingerprint density at radius 3 is 2.47 bits per heavy atom. The number of carbonyl (C=O) groups is 1. The van der Waals surface area contributed by atoms with Crippen molar-refractivity contribution in [2.45, 2.75) is 19.4 Å². The molecule has 1 saturated heterocycles. The fraction of sp³-hybridized carbons (Fsp3) is 0.917. The van der Waals surface area contributed by atoms with Crippen LogP contribution in [0.15, 0.2) is 0 Å². The Labute approximate surface area is 105 Å². The summed E-state index contributed by atoms with van der Waals surface area (Å²) < 4.78 is 0. The number of nitrogens with one attached hydrogen (secondary N) is 2. The molecule has 1 rings (SSSR count). The summed E-state index contributed by atoms with van der Waals surface area (Å²) in [5.74, 6) is 0.126. The number of piperazine rings is 1. The van der Waals surface area contributed by atoms with E-state index in [-0.39, 0.29) is 5.91 Å². The van der Waals surface area contributed by atoms with E-state index < -0.39 is 5.54 Å². The predicted octanol–water partition coefficient (Wildman–Crippen LogP) is -0.652. The zero-order valence-corrected chi connectivity index (χ0v) is 11.5. The molecule has 0 unspecified atom stereocenters. The summed E-state index contributed by atoms with van der Waals surface area (Å²) in [5, 5.41) is 6.31. The maximum absolute atomic E-state index is 12.2. The van der Waals surface area contributed by atoms with Gasteiger partial charge < -0.3 is 15.5 Å². The third kappa shape index (κ3) is 4.26. The van der Waals surface area contributed by atoms with Gasteiger partial charge in [-0.1, -0.05) is 0 Å². The van der Waals surface area contributed by atoms with Crippen molar-refractivity contribution in [1.29, 1.82) is 0 Å². The molecule has 1 aliphatic heterocycles. The van der Waals surface area contributed by atoms with E-state index >= 15 is 0 Å². The highest BCUT2D eigenvalue weighted by atomic mass is 16.2. The van der Waals surface area contributed by atoms with Crippen LogP contribution in [0, 0.1) is 0 Å². The van der Waals surface area contributed by atoms with E-state index in [0.29, 0.717) is 6.54 Å². The monoisotopic (exact) mass is 242 g/mol. The Morgan fingerprint density at radius 2 is 1.94 bits per heavy atom. The fourth-order valence-electron chi connectivity index (χ4n) is 1.98. The van der Waals surface area contributed by atoms with E-state index in [1.807, 2.05) is 27.9 Å². The third-order valence-electron chi connectivity index (χ3n) is 3.31. The predicted molar refractivity (Wildman–Crippen MR) is 70.1 cm³/mol. The molecule has 0 saturated carbocycles. The van der Waals surface area contributed by atoms with Gasteiger partial charge in [0.25, 0.3) is 0 Å². The highest BCUT2D eigenvalue weighted by Crippen LogP contribution is 2.14. The van der Waals surface area contributed by atoms with Gasteiger partial charge in [0.1, 0.15) is 0 Å². The van der Waals surface area contributed by atoms with Gasteiger partial charge in [-0.15, -0.1) is 0 Å². The summed E-state index contributed by atoms with van der Waals surface area (Å²) >= 11 is 0. The van der Waals surface area contributed by atoms with Crippen molar-refractivity contribution in [3.8, 4) is 0 Å². The molecule has 1 amide bonds. The van der Waals surface area contributed by atoms with Crippen molar-refractivity contribution in [2.24, 2.45) is 0 Å². The minimum absolute atomic E-state index is 0.126. The molecule has 0 aliphatic carbocycles. The number of hydrogen-bond acceptors (Lipinski definition) is 4. The SMILES string of the molecule is CN(C)CCNC(=O)C(C)(C)N1CCNCC1. The van der Waals surface area contributed by atoms with Crippen LogP contribution in [-0.2, 0) is 4.79 Å². The first-order valence-electron chi connectivity index (χ1n) is 6.33. The van der Waals surface area contributed by atoms with Crippen LogP contribution in [-0.4, -0.2) is 74.6 Å². The number of hydrogen-bond donors (Lipinski definition) is 2. The van der Waals surface area contributed by atoms with Crippen LogP contribution in [0.2, 0.25) is 0 Å². The fourth-order valence-corrected chi connectivity index (χ4v) is 1.98. The van der Waals surface area contributed by atoms with Crippen molar-refractivity contribution < 1.29 is 4.79 Å². The second kappa shape index (κ2) is 6.33. The summed E-state index contributed by atoms with van der Waals surface area (Å²) in [7, 11) is 4.02. The Hall–Kier alpha value is -0.650. The van der Waals surface area contributed by atoms with Crippen molar-refractivity contribution >= 4 is 5.91 Å². The molecule has 0 atom stereocenters. The van der Waals surface area contributed by atoms with E-state index in [1.165, 1.54) is 0 Å². The Morgan fingerprint density at radius 1 is 1.35 bits per heavy atom. The average Bonchev–Trinajstić information content (AvgIpc) is 2.29. The average molecular weight is 242 g/mol. The maximum Gasteiger partial charge on any atom is 0.239 e. The van der Waals surface area contributed by atoms with E-state index in [4.69, 9.17) is 0 Å². The molecule has 0 aromatic heterocycles. The molecule has 5 heteroatoms. The summed E-state index contributed by atoms with van der Waals surface area (Å²) in [6, 6.07) is 0. The van der Waals surface area contributed by atoms with Gasteiger partial charge in [0.15, 0.2) is 0 Å². The molecular weight excluding hydrogens is 216 g/mol. The van der Waals surface area contributed by atoms with Gasteiger partial charge in [-0.2, -0.15) is 0 Å². The normalized spacial score (nSPS) is 18.4. The topological polar surface area (TPSA) is 47.6 Å². The van der Waals surface area contributed by atoms with Crippen LogP contribution in [0.3, 0.4) is 0 Å². The molecule has 0 bridgehead atoms. The van der Waals surface area contributed by atoms with Crippen LogP contribution >= 0.6 is 0 Å². The Bertz CT molecular complexity index is 247. The lowest BCUT2D eigenvalue weighted by atomic mass is 10.0. The van der Waals surface area contributed by atoms with Crippen LogP contribution in [0.1, 0.15) is 13.8 Å². The van der Waals surface area contributed by atoms with Gasteiger partial charge in [0, 0.05) is 39.3 Å². The van der Waals surface area contributed by atoms with Crippen LogP contribution in [0.4, 0.5) is 0 Å². The lowest BCUT2D eigenvalue weighted by Gasteiger charge is -2.39. The lowest BCUT2D eigenvalue weighted by Crippen LogP contribution is -2.60. The molecule has 1 heterocycles. The molecule has 17 heavy (non-hydrogen) atoms. The smallest absolute Gasteiger partial charge is 0.239 e. The summed E-state index contributed by atoms with van der Waals surface area (Å²) in [6.45, 7) is 9.41. The van der Waals surface area contributed by atoms with E-state index in [0.717, 1.165) is 32.7 Å². The molecule has 2 N–H and O–H groups in total. The second-order valence-electron chi connectivity index (χ2n) is 5.36. The number of carbonyl (C=O) groups excluding carboxylic acids is 1. The molecule has 1 fully saturated rings. The molecule has 100 valence electrons. The molecule has 0 aromatic carbocycles. The van der Waals surface area contributed by atoms with Gasteiger partial charge in [-0.25, -0.2) is 0 Å². The first-order chi connectivity index (χ1) is 7.94. The Balaban J connectivity index is 2.41. The maximum atomic E-state index is 12.2. The summed E-state index contributed by atoms with van der Waals surface area (Å²) in [4.78, 5) is 16.5. The van der Waals surface area contributed by atoms with E-state index in [9.17, 15) is 4.79 Å². The largest absolute Gasteiger partial charge is 0.353 e. The molecule has 0 spiro atoms. The van der Waals surface area contributed by atoms with Gasteiger partial charge in [-0.05, 0) is 27.9 Å². The van der Waals surface area contributed by atoms with Crippen molar-refractivity contribution in [1.82, 2.24) is 20.4 Å². The van der Waals surface area contributed by atoms with E-state index in [2.05, 4.69) is 20.4 Å². The molecule has 0 radical (unpaired) electrons. The zero-order chi connectivity index (χ0) is 12.9. The van der Waals surface area contributed by atoms with Gasteiger partial charge in [-0.3, -0.25) is 9.69 Å². The number of rotatable bonds is 5. The molecule has 0 aromatic rings. The third-order valence-corrected chi connectivity index (χ3v) is 3.31. The highest BCUT2D eigenvalue weighted by molar-refractivity contribution is 5.85. The zero-order valence-electron chi connectivity index (χ0n) is 11.5. The highest BCUT2D eigenvalue weighted by Gasteiger charge is 2.34. The van der Waals surface area contributed by atoms with Crippen LogP contribution in [0.5, 0.6) is 0 Å². The number of nitrogens with zero attached hydrogens (tertiary/aromatic N) is 2. The van der Waals surface area contributed by atoms with Gasteiger partial charge in [0.2, 0.25) is 5.91 Å². The number of amides is 1. The first-order valence-corrected chi connectivity index (χ1v) is 6.33. The van der Waals surface area contributed by atoms with Gasteiger partial charge in [0.05, 0.1) is 5.54 Å². The quantitative estimate of drug-likeness (QED) is 0.672. The minimum Gasteiger partial charge on any atom is -0.353 e. The van der Waals surface area contributed by atoms with Crippen molar-refractivity contribution in [2.75, 3.05) is 53.4 Å². The van der Waals surface area contributed by atoms with Crippen LogP contribution in [0.25, 0.3) is 0 Å². The second-order valence-corrected chi connectivity index (χ2v) is 5.36. The first kappa shape index (κ1) is 14.4. The summed E-state index contributed by atoms with van der Waals surface area (Å²) in [6.07, 6.45) is 0. The van der Waals surface area contributed by atoms with Crippen molar-refractivity contribution in [3.05, 3.63) is 0 Å². The van der Waals surface area contributed by atoms with Crippen LogP contribution < -0.4 is 10.6 Å². The molecular formula is C12H26N4O. The van der Waals surface area contributed by atoms with Gasteiger partial charge >= 0.3 is 0 Å². The lowest BCUT2D eigenvalue weighted by molar-refractivity contribution is -0.132. The minimum atomic E-state index is -0.408. The standard InChI is InChI=1S/C12H26N4O/c1-12(2,16-9-5-13-6-10-16)11(17)14-7-8-15(3)4/h13H,5-10H2,1-4H3,(H,14,17). The Kier molecular flexibility index (Phi) is 5.36. The molecule has 5 nitrogen and oxygen atoms in total. The number of likely N-dealkylation sites (N-methyl/N-ethyl adjacent to an activating group) is 1. The molecule has 1 aliphatic rings.